The minimum absolute atomic E-state index is 0.163. The molecule has 0 spiro atoms. The first-order chi connectivity index (χ1) is 9.50. The molecular weight excluding hydrogens is 270 g/mol. The van der Waals surface area contributed by atoms with E-state index in [1.54, 1.807) is 5.06 Å². The number of ether oxygens (including phenoxy) is 1. The number of hydrogen-bond donors (Lipinski definition) is 0. The van der Waals surface area contributed by atoms with Crippen LogP contribution in [0.4, 0.5) is 0 Å². The molecule has 0 saturated carbocycles. The number of hydrogen-bond acceptors (Lipinski definition) is 5. The Kier molecular flexibility index (Phi) is 5.79. The van der Waals surface area contributed by atoms with E-state index in [0.29, 0.717) is 25.6 Å². The van der Waals surface area contributed by atoms with Crippen LogP contribution in [0.5, 0.6) is 0 Å². The van der Waals surface area contributed by atoms with Crippen molar-refractivity contribution < 1.29 is 19.2 Å². The number of rotatable bonds is 3. The molecule has 1 saturated heterocycles. The molecule has 122 valence electrons. The van der Waals surface area contributed by atoms with Crippen molar-refractivity contribution in [3.63, 3.8) is 0 Å². The zero-order valence-corrected chi connectivity index (χ0v) is 14.2. The Morgan fingerprint density at radius 2 is 1.43 bits per heavy atom. The van der Waals surface area contributed by atoms with Gasteiger partial charge in [-0.3, -0.25) is 4.79 Å². The van der Waals surface area contributed by atoms with Gasteiger partial charge >= 0.3 is 11.9 Å². The topological polar surface area (TPSA) is 55.8 Å². The summed E-state index contributed by atoms with van der Waals surface area (Å²) in [5.74, 6) is -0.0231. The molecule has 1 aliphatic heterocycles. The predicted molar refractivity (Wildman–Crippen MR) is 80.3 cm³/mol. The van der Waals surface area contributed by atoms with Gasteiger partial charge in [0.25, 0.3) is 0 Å². The van der Waals surface area contributed by atoms with Gasteiger partial charge in [0, 0.05) is 13.1 Å². The van der Waals surface area contributed by atoms with Gasteiger partial charge in [0.1, 0.15) is 0 Å². The van der Waals surface area contributed by atoms with Gasteiger partial charge in [0.2, 0.25) is 0 Å². The number of esters is 1. The molecule has 0 amide bonds. The lowest BCUT2D eigenvalue weighted by Gasteiger charge is -2.32. The van der Waals surface area contributed by atoms with Crippen molar-refractivity contribution in [2.45, 2.75) is 54.4 Å². The van der Waals surface area contributed by atoms with Gasteiger partial charge in [-0.15, -0.1) is 5.06 Å². The standard InChI is InChI=1S/C16H29NO4/c1-15(2,3)13(18)20-11-12-7-9-17(10-8-12)21-14(19)16(4,5)6/h12H,7-11H2,1-6H3. The maximum absolute atomic E-state index is 11.8. The molecule has 0 unspecified atom stereocenters. The Bertz CT molecular complexity index is 371. The fraction of sp³-hybridized carbons (Fsp3) is 0.875. The Morgan fingerprint density at radius 3 is 1.86 bits per heavy atom. The zero-order valence-electron chi connectivity index (χ0n) is 14.2. The van der Waals surface area contributed by atoms with Crippen molar-refractivity contribution in [2.75, 3.05) is 19.7 Å². The summed E-state index contributed by atoms with van der Waals surface area (Å²) in [4.78, 5) is 28.9. The van der Waals surface area contributed by atoms with Crippen molar-refractivity contribution in [1.82, 2.24) is 5.06 Å². The minimum Gasteiger partial charge on any atom is -0.465 e. The molecular formula is C16H29NO4. The predicted octanol–water partition coefficient (Wildman–Crippen LogP) is 2.79. The third-order valence-corrected chi connectivity index (χ3v) is 3.46. The Balaban J connectivity index is 2.30. The molecule has 0 aromatic rings. The lowest BCUT2D eigenvalue weighted by Crippen LogP contribution is -2.40. The van der Waals surface area contributed by atoms with Gasteiger partial charge in [0.05, 0.1) is 17.4 Å². The number of hydroxylamine groups is 2. The van der Waals surface area contributed by atoms with Crippen LogP contribution in [0.2, 0.25) is 0 Å². The highest BCUT2D eigenvalue weighted by atomic mass is 16.7. The van der Waals surface area contributed by atoms with E-state index >= 15 is 0 Å². The summed E-state index contributed by atoms with van der Waals surface area (Å²) < 4.78 is 5.35. The summed E-state index contributed by atoms with van der Waals surface area (Å²) in [6.45, 7) is 12.9. The van der Waals surface area contributed by atoms with Crippen LogP contribution in [0.3, 0.4) is 0 Å². The highest BCUT2D eigenvalue weighted by Gasteiger charge is 2.29. The van der Waals surface area contributed by atoms with Crippen LogP contribution in [-0.4, -0.2) is 36.7 Å². The first-order valence-corrected chi connectivity index (χ1v) is 7.64. The fourth-order valence-corrected chi connectivity index (χ4v) is 1.83. The summed E-state index contributed by atoms with van der Waals surface area (Å²) in [7, 11) is 0. The van der Waals surface area contributed by atoms with E-state index < -0.39 is 10.8 Å². The van der Waals surface area contributed by atoms with Gasteiger partial charge in [-0.25, -0.2) is 4.79 Å². The molecule has 1 heterocycles. The number of carbonyl (C=O) groups excluding carboxylic acids is 2. The van der Waals surface area contributed by atoms with Crippen molar-refractivity contribution in [3.05, 3.63) is 0 Å². The Labute approximate surface area is 127 Å². The molecule has 5 heteroatoms. The Morgan fingerprint density at radius 1 is 0.952 bits per heavy atom. The van der Waals surface area contributed by atoms with Crippen LogP contribution < -0.4 is 0 Å². The summed E-state index contributed by atoms with van der Waals surface area (Å²) in [6, 6.07) is 0. The van der Waals surface area contributed by atoms with E-state index in [1.165, 1.54) is 0 Å². The molecule has 0 aromatic carbocycles. The van der Waals surface area contributed by atoms with Gasteiger partial charge in [-0.1, -0.05) is 0 Å². The minimum atomic E-state index is -0.487. The fourth-order valence-electron chi connectivity index (χ4n) is 1.83. The van der Waals surface area contributed by atoms with Crippen molar-refractivity contribution in [2.24, 2.45) is 16.7 Å². The lowest BCUT2D eigenvalue weighted by molar-refractivity contribution is -0.206. The molecule has 1 rings (SSSR count). The summed E-state index contributed by atoms with van der Waals surface area (Å²) in [5, 5.41) is 1.72. The van der Waals surface area contributed by atoms with E-state index in [-0.39, 0.29) is 11.9 Å². The molecule has 21 heavy (non-hydrogen) atoms. The van der Waals surface area contributed by atoms with Crippen LogP contribution in [0.1, 0.15) is 54.4 Å². The first kappa shape index (κ1) is 18.0. The molecule has 0 bridgehead atoms. The van der Waals surface area contributed by atoms with Crippen LogP contribution in [0, 0.1) is 16.7 Å². The maximum atomic E-state index is 11.8. The van der Waals surface area contributed by atoms with Crippen LogP contribution in [0.25, 0.3) is 0 Å². The van der Waals surface area contributed by atoms with Crippen molar-refractivity contribution in [1.29, 1.82) is 0 Å². The summed E-state index contributed by atoms with van der Waals surface area (Å²) >= 11 is 0. The second kappa shape index (κ2) is 6.77. The first-order valence-electron chi connectivity index (χ1n) is 7.64. The molecule has 0 aliphatic carbocycles. The molecule has 0 atom stereocenters. The van der Waals surface area contributed by atoms with Gasteiger partial charge < -0.3 is 9.57 Å². The summed E-state index contributed by atoms with van der Waals surface area (Å²) in [6.07, 6.45) is 1.74. The SMILES string of the molecule is CC(C)(C)C(=O)OCC1CCN(OC(=O)C(C)(C)C)CC1. The largest absolute Gasteiger partial charge is 0.465 e. The maximum Gasteiger partial charge on any atom is 0.330 e. The third kappa shape index (κ3) is 6.04. The highest BCUT2D eigenvalue weighted by molar-refractivity contribution is 5.75. The zero-order chi connectivity index (χ0) is 16.3. The quantitative estimate of drug-likeness (QED) is 0.750. The molecule has 0 aromatic heterocycles. The van der Waals surface area contributed by atoms with E-state index in [2.05, 4.69) is 0 Å². The van der Waals surface area contributed by atoms with E-state index in [0.717, 1.165) is 12.8 Å². The molecule has 0 N–H and O–H groups in total. The van der Waals surface area contributed by atoms with E-state index in [4.69, 9.17) is 9.57 Å². The van der Waals surface area contributed by atoms with E-state index in [1.807, 2.05) is 41.5 Å². The van der Waals surface area contributed by atoms with Gasteiger partial charge in [-0.2, -0.15) is 0 Å². The van der Waals surface area contributed by atoms with Gasteiger partial charge in [-0.05, 0) is 60.3 Å². The monoisotopic (exact) mass is 299 g/mol. The van der Waals surface area contributed by atoms with Crippen LogP contribution in [0.15, 0.2) is 0 Å². The average molecular weight is 299 g/mol. The molecule has 1 aliphatic rings. The van der Waals surface area contributed by atoms with Crippen LogP contribution in [-0.2, 0) is 19.2 Å². The molecule has 5 nitrogen and oxygen atoms in total. The Hall–Kier alpha value is -1.10. The normalized spacial score (nSPS) is 18.4. The number of piperidine rings is 1. The highest BCUT2D eigenvalue weighted by Crippen LogP contribution is 2.22. The second-order valence-electron chi connectivity index (χ2n) is 7.85. The van der Waals surface area contributed by atoms with Crippen molar-refractivity contribution >= 4 is 11.9 Å². The number of carbonyl (C=O) groups is 2. The molecule has 1 fully saturated rings. The third-order valence-electron chi connectivity index (χ3n) is 3.46. The molecule has 0 radical (unpaired) electrons. The second-order valence-corrected chi connectivity index (χ2v) is 7.85. The average Bonchev–Trinajstić information content (AvgIpc) is 2.35. The van der Waals surface area contributed by atoms with E-state index in [9.17, 15) is 9.59 Å². The van der Waals surface area contributed by atoms with Gasteiger partial charge in [0.15, 0.2) is 0 Å². The summed E-state index contributed by atoms with van der Waals surface area (Å²) in [5.41, 5.74) is -0.942. The smallest absolute Gasteiger partial charge is 0.330 e. The number of nitrogens with zero attached hydrogens (tertiary/aromatic N) is 1. The van der Waals surface area contributed by atoms with Crippen molar-refractivity contribution in [3.8, 4) is 0 Å². The van der Waals surface area contributed by atoms with Crippen LogP contribution >= 0.6 is 0 Å². The lowest BCUT2D eigenvalue weighted by atomic mass is 9.96.